The summed E-state index contributed by atoms with van der Waals surface area (Å²) >= 11 is 0. The number of morpholine rings is 1. The minimum absolute atomic E-state index is 0.723. The van der Waals surface area contributed by atoms with Gasteiger partial charge in [0.25, 0.3) is 0 Å². The number of H-pyrrole nitrogens is 2. The number of aromatic nitrogens is 5. The number of ether oxygens (including phenoxy) is 1. The van der Waals surface area contributed by atoms with Crippen molar-refractivity contribution >= 4 is 17.0 Å². The van der Waals surface area contributed by atoms with Gasteiger partial charge in [0.1, 0.15) is 5.65 Å². The van der Waals surface area contributed by atoms with Crippen LogP contribution in [-0.4, -0.2) is 51.5 Å². The molecule has 1 aliphatic rings. The van der Waals surface area contributed by atoms with Crippen molar-refractivity contribution in [2.45, 2.75) is 0 Å². The van der Waals surface area contributed by atoms with Crippen LogP contribution >= 0.6 is 0 Å². The zero-order valence-corrected chi connectivity index (χ0v) is 10.8. The molecule has 2 N–H and O–H groups in total. The lowest BCUT2D eigenvalue weighted by Gasteiger charge is -2.25. The van der Waals surface area contributed by atoms with Crippen molar-refractivity contribution < 1.29 is 4.74 Å². The van der Waals surface area contributed by atoms with Crippen LogP contribution in [0.2, 0.25) is 0 Å². The third kappa shape index (κ3) is 1.83. The monoisotopic (exact) mass is 270 g/mol. The molecule has 0 amide bonds. The average Bonchev–Trinajstić information content (AvgIpc) is 3.17. The standard InChI is InChI=1S/C13H14N6O/c1-3-14-11-9(1)10(2-4-15-11)12-16-13(18-17-12)19-5-7-20-8-6-19/h1-4H,5-8H2,(H,14,15)(H,16,17,18). The number of hydrogen-bond acceptors (Lipinski definition) is 5. The Kier molecular flexibility index (Phi) is 2.63. The van der Waals surface area contributed by atoms with E-state index >= 15 is 0 Å². The lowest BCUT2D eigenvalue weighted by Crippen LogP contribution is -2.36. The molecule has 3 aromatic rings. The van der Waals surface area contributed by atoms with E-state index in [9.17, 15) is 0 Å². The zero-order valence-electron chi connectivity index (χ0n) is 10.8. The highest BCUT2D eigenvalue weighted by molar-refractivity contribution is 5.90. The number of aromatic amines is 2. The van der Waals surface area contributed by atoms with Gasteiger partial charge in [0.15, 0.2) is 5.82 Å². The van der Waals surface area contributed by atoms with E-state index in [0.29, 0.717) is 0 Å². The summed E-state index contributed by atoms with van der Waals surface area (Å²) in [6, 6.07) is 3.94. The van der Waals surface area contributed by atoms with E-state index in [-0.39, 0.29) is 0 Å². The highest BCUT2D eigenvalue weighted by Gasteiger charge is 2.17. The molecule has 7 nitrogen and oxygen atoms in total. The molecule has 0 aliphatic carbocycles. The predicted octanol–water partition coefficient (Wildman–Crippen LogP) is 1.18. The summed E-state index contributed by atoms with van der Waals surface area (Å²) in [5.74, 6) is 1.49. The van der Waals surface area contributed by atoms with Gasteiger partial charge in [-0.2, -0.15) is 4.98 Å². The van der Waals surface area contributed by atoms with Gasteiger partial charge in [0, 0.05) is 36.4 Å². The molecule has 0 aromatic carbocycles. The number of anilines is 1. The largest absolute Gasteiger partial charge is 0.378 e. The molecule has 4 heterocycles. The molecule has 0 bridgehead atoms. The maximum absolute atomic E-state index is 5.34. The van der Waals surface area contributed by atoms with Crippen molar-refractivity contribution in [1.82, 2.24) is 25.1 Å². The van der Waals surface area contributed by atoms with Crippen molar-refractivity contribution in [2.75, 3.05) is 31.2 Å². The van der Waals surface area contributed by atoms with Crippen molar-refractivity contribution in [1.29, 1.82) is 0 Å². The second-order valence-electron chi connectivity index (χ2n) is 4.68. The lowest BCUT2D eigenvalue weighted by atomic mass is 10.2. The third-order valence-electron chi connectivity index (χ3n) is 3.48. The van der Waals surface area contributed by atoms with Crippen LogP contribution in [0.1, 0.15) is 0 Å². The molecule has 3 aromatic heterocycles. The molecule has 0 spiro atoms. The maximum Gasteiger partial charge on any atom is 0.245 e. The highest BCUT2D eigenvalue weighted by Crippen LogP contribution is 2.25. The van der Waals surface area contributed by atoms with Gasteiger partial charge < -0.3 is 14.6 Å². The fourth-order valence-corrected chi connectivity index (χ4v) is 2.45. The first-order valence-corrected chi connectivity index (χ1v) is 6.59. The molecule has 0 radical (unpaired) electrons. The van der Waals surface area contributed by atoms with Crippen LogP contribution in [0.15, 0.2) is 24.5 Å². The maximum atomic E-state index is 5.34. The second kappa shape index (κ2) is 4.61. The number of nitrogens with one attached hydrogen (secondary N) is 2. The van der Waals surface area contributed by atoms with E-state index in [1.807, 2.05) is 18.3 Å². The first-order valence-electron chi connectivity index (χ1n) is 6.59. The Morgan fingerprint density at radius 2 is 2.10 bits per heavy atom. The van der Waals surface area contributed by atoms with Crippen LogP contribution < -0.4 is 4.90 Å². The van der Waals surface area contributed by atoms with Crippen molar-refractivity contribution in [3.63, 3.8) is 0 Å². The molecule has 1 saturated heterocycles. The third-order valence-corrected chi connectivity index (χ3v) is 3.48. The molecular formula is C13H14N6O. The van der Waals surface area contributed by atoms with E-state index in [0.717, 1.165) is 54.7 Å². The Labute approximate surface area is 115 Å². The van der Waals surface area contributed by atoms with Gasteiger partial charge in [-0.3, -0.25) is 5.10 Å². The number of hydrogen-bond donors (Lipinski definition) is 2. The Morgan fingerprint density at radius 1 is 1.20 bits per heavy atom. The Hall–Kier alpha value is -2.41. The molecular weight excluding hydrogens is 256 g/mol. The highest BCUT2D eigenvalue weighted by atomic mass is 16.5. The normalized spacial score (nSPS) is 15.9. The molecule has 0 unspecified atom stereocenters. The Balaban J connectivity index is 1.72. The van der Waals surface area contributed by atoms with Gasteiger partial charge >= 0.3 is 0 Å². The number of rotatable bonds is 2. The molecule has 1 aliphatic heterocycles. The summed E-state index contributed by atoms with van der Waals surface area (Å²) in [5.41, 5.74) is 1.86. The second-order valence-corrected chi connectivity index (χ2v) is 4.68. The fraction of sp³-hybridized carbons (Fsp3) is 0.308. The van der Waals surface area contributed by atoms with Crippen LogP contribution in [0.25, 0.3) is 22.4 Å². The number of fused-ring (bicyclic) bond motifs is 1. The van der Waals surface area contributed by atoms with Crippen LogP contribution in [-0.2, 0) is 4.74 Å². The summed E-state index contributed by atoms with van der Waals surface area (Å²) in [7, 11) is 0. The molecule has 1 fully saturated rings. The van der Waals surface area contributed by atoms with Crippen LogP contribution in [0.5, 0.6) is 0 Å². The lowest BCUT2D eigenvalue weighted by molar-refractivity contribution is 0.122. The van der Waals surface area contributed by atoms with E-state index in [1.165, 1.54) is 0 Å². The van der Waals surface area contributed by atoms with Crippen LogP contribution in [0, 0.1) is 0 Å². The summed E-state index contributed by atoms with van der Waals surface area (Å²) in [5, 5.41) is 8.37. The molecule has 20 heavy (non-hydrogen) atoms. The average molecular weight is 270 g/mol. The predicted molar refractivity (Wildman–Crippen MR) is 74.5 cm³/mol. The van der Waals surface area contributed by atoms with E-state index in [4.69, 9.17) is 4.74 Å². The van der Waals surface area contributed by atoms with Gasteiger partial charge in [-0.25, -0.2) is 4.98 Å². The smallest absolute Gasteiger partial charge is 0.245 e. The van der Waals surface area contributed by atoms with E-state index < -0.39 is 0 Å². The first kappa shape index (κ1) is 11.4. The summed E-state index contributed by atoms with van der Waals surface area (Å²) in [6.45, 7) is 3.10. The van der Waals surface area contributed by atoms with Crippen molar-refractivity contribution in [3.05, 3.63) is 24.5 Å². The van der Waals surface area contributed by atoms with E-state index in [1.54, 1.807) is 6.20 Å². The molecule has 0 saturated carbocycles. The molecule has 7 heteroatoms. The number of nitrogens with zero attached hydrogens (tertiary/aromatic N) is 4. The van der Waals surface area contributed by atoms with Crippen molar-refractivity contribution in [3.8, 4) is 11.4 Å². The van der Waals surface area contributed by atoms with Crippen molar-refractivity contribution in [2.24, 2.45) is 0 Å². The van der Waals surface area contributed by atoms with Gasteiger partial charge in [-0.1, -0.05) is 0 Å². The van der Waals surface area contributed by atoms with Crippen LogP contribution in [0.3, 0.4) is 0 Å². The fourth-order valence-electron chi connectivity index (χ4n) is 2.45. The van der Waals surface area contributed by atoms with Gasteiger partial charge in [-0.15, -0.1) is 5.10 Å². The van der Waals surface area contributed by atoms with E-state index in [2.05, 4.69) is 30.0 Å². The van der Waals surface area contributed by atoms with Gasteiger partial charge in [0.05, 0.1) is 13.2 Å². The SMILES string of the molecule is c1cc(-c2nc(N3CCOCC3)n[nH]2)c2cc[nH]c2n1. The molecule has 102 valence electrons. The minimum Gasteiger partial charge on any atom is -0.378 e. The molecule has 0 atom stereocenters. The minimum atomic E-state index is 0.723. The van der Waals surface area contributed by atoms with Crippen LogP contribution in [0.4, 0.5) is 5.95 Å². The summed E-state index contributed by atoms with van der Waals surface area (Å²) < 4.78 is 5.34. The summed E-state index contributed by atoms with van der Waals surface area (Å²) in [4.78, 5) is 14.1. The van der Waals surface area contributed by atoms with Gasteiger partial charge in [0.2, 0.25) is 5.95 Å². The Bertz CT molecular complexity index is 727. The summed E-state index contributed by atoms with van der Waals surface area (Å²) in [6.07, 6.45) is 3.64. The molecule has 4 rings (SSSR count). The van der Waals surface area contributed by atoms with Gasteiger partial charge in [-0.05, 0) is 12.1 Å². The first-order chi connectivity index (χ1) is 9.92. The topological polar surface area (TPSA) is 82.7 Å². The number of pyridine rings is 1. The Morgan fingerprint density at radius 3 is 3.00 bits per heavy atom. The zero-order chi connectivity index (χ0) is 13.4. The quantitative estimate of drug-likeness (QED) is 0.730.